The fraction of sp³-hybridized carbons (Fsp3) is 0.350. The molecule has 0 spiro atoms. The van der Waals surface area contributed by atoms with Crippen LogP contribution in [0, 0.1) is 12.7 Å². The first kappa shape index (κ1) is 20.0. The molecule has 0 aliphatic heterocycles. The fourth-order valence-corrected chi connectivity index (χ4v) is 2.53. The lowest BCUT2D eigenvalue weighted by Gasteiger charge is -2.09. The highest BCUT2D eigenvalue weighted by molar-refractivity contribution is 5.94. The molecule has 26 heavy (non-hydrogen) atoms. The van der Waals surface area contributed by atoms with Gasteiger partial charge >= 0.3 is 0 Å². The van der Waals surface area contributed by atoms with Crippen LogP contribution in [-0.2, 0) is 9.47 Å². The van der Waals surface area contributed by atoms with Gasteiger partial charge in [-0.1, -0.05) is 24.3 Å². The van der Waals surface area contributed by atoms with Gasteiger partial charge in [0, 0.05) is 24.2 Å². The lowest BCUT2D eigenvalue weighted by atomic mass is 9.99. The fourth-order valence-electron chi connectivity index (χ4n) is 2.53. The molecule has 0 bridgehead atoms. The van der Waals surface area contributed by atoms with Gasteiger partial charge in [-0.05, 0) is 36.2 Å². The molecule has 6 heteroatoms. The summed E-state index contributed by atoms with van der Waals surface area (Å²) in [6.07, 6.45) is 0. The van der Waals surface area contributed by atoms with Gasteiger partial charge in [-0.25, -0.2) is 4.39 Å². The highest BCUT2D eigenvalue weighted by atomic mass is 19.1. The quantitative estimate of drug-likeness (QED) is 0.639. The maximum atomic E-state index is 14.0. The molecule has 0 aromatic heterocycles. The number of nitrogens with one attached hydrogen (secondary N) is 1. The van der Waals surface area contributed by atoms with Gasteiger partial charge in [-0.3, -0.25) is 4.79 Å². The zero-order valence-corrected chi connectivity index (χ0v) is 15.0. The van der Waals surface area contributed by atoms with Crippen molar-refractivity contribution in [2.45, 2.75) is 6.92 Å². The Morgan fingerprint density at radius 3 is 2.38 bits per heavy atom. The van der Waals surface area contributed by atoms with Crippen molar-refractivity contribution in [2.75, 3.05) is 39.5 Å². The van der Waals surface area contributed by atoms with Crippen molar-refractivity contribution in [1.29, 1.82) is 0 Å². The van der Waals surface area contributed by atoms with Crippen LogP contribution in [0.4, 0.5) is 4.39 Å². The summed E-state index contributed by atoms with van der Waals surface area (Å²) in [5.41, 5.74) is 7.99. The number of benzene rings is 2. The number of amides is 1. The van der Waals surface area contributed by atoms with Crippen LogP contribution in [0.1, 0.15) is 15.9 Å². The van der Waals surface area contributed by atoms with E-state index in [0.717, 1.165) is 11.1 Å². The molecule has 0 unspecified atom stereocenters. The normalized spacial score (nSPS) is 10.7. The maximum Gasteiger partial charge on any atom is 0.251 e. The minimum absolute atomic E-state index is 0.190. The lowest BCUT2D eigenvalue weighted by molar-refractivity contribution is 0.0511. The first-order valence-corrected chi connectivity index (χ1v) is 8.62. The Kier molecular flexibility index (Phi) is 8.21. The number of ether oxygens (including phenoxy) is 2. The Hall–Kier alpha value is -2.28. The van der Waals surface area contributed by atoms with E-state index in [9.17, 15) is 9.18 Å². The van der Waals surface area contributed by atoms with Crippen molar-refractivity contribution in [3.63, 3.8) is 0 Å². The molecule has 2 rings (SSSR count). The molecule has 3 N–H and O–H groups in total. The van der Waals surface area contributed by atoms with Crippen LogP contribution in [0.25, 0.3) is 11.1 Å². The van der Waals surface area contributed by atoms with Crippen molar-refractivity contribution in [3.05, 3.63) is 59.4 Å². The third-order valence-corrected chi connectivity index (χ3v) is 3.82. The molecular weight excluding hydrogens is 335 g/mol. The predicted molar refractivity (Wildman–Crippen MR) is 99.6 cm³/mol. The van der Waals surface area contributed by atoms with Crippen LogP contribution in [0.3, 0.4) is 0 Å². The summed E-state index contributed by atoms with van der Waals surface area (Å²) in [5, 5.41) is 2.78. The minimum atomic E-state index is -0.269. The molecule has 0 saturated heterocycles. The lowest BCUT2D eigenvalue weighted by Crippen LogP contribution is -2.27. The van der Waals surface area contributed by atoms with Crippen molar-refractivity contribution < 1.29 is 18.7 Å². The molecule has 0 aliphatic rings. The number of nitrogens with two attached hydrogens (primary N) is 1. The van der Waals surface area contributed by atoms with Gasteiger partial charge in [0.15, 0.2) is 0 Å². The van der Waals surface area contributed by atoms with E-state index < -0.39 is 0 Å². The Morgan fingerprint density at radius 2 is 1.73 bits per heavy atom. The van der Waals surface area contributed by atoms with Gasteiger partial charge in [0.25, 0.3) is 5.91 Å². The van der Waals surface area contributed by atoms with E-state index in [2.05, 4.69) is 5.32 Å². The smallest absolute Gasteiger partial charge is 0.251 e. The molecule has 1 amide bonds. The summed E-state index contributed by atoms with van der Waals surface area (Å²) >= 11 is 0. The topological polar surface area (TPSA) is 73.6 Å². The molecule has 2 aromatic rings. The van der Waals surface area contributed by atoms with Crippen LogP contribution in [0.2, 0.25) is 0 Å². The molecule has 0 saturated carbocycles. The largest absolute Gasteiger partial charge is 0.378 e. The van der Waals surface area contributed by atoms with Gasteiger partial charge in [0.2, 0.25) is 0 Å². The number of rotatable bonds is 10. The Bertz CT molecular complexity index is 684. The van der Waals surface area contributed by atoms with Gasteiger partial charge in [-0.15, -0.1) is 0 Å². The first-order chi connectivity index (χ1) is 12.6. The second kappa shape index (κ2) is 10.7. The molecule has 0 atom stereocenters. The Morgan fingerprint density at radius 1 is 1.04 bits per heavy atom. The summed E-state index contributed by atoms with van der Waals surface area (Å²) < 4.78 is 24.6. The first-order valence-electron chi connectivity index (χ1n) is 8.62. The molecule has 0 heterocycles. The van der Waals surface area contributed by atoms with Crippen molar-refractivity contribution >= 4 is 5.91 Å². The van der Waals surface area contributed by atoms with Gasteiger partial charge in [0.1, 0.15) is 5.82 Å². The van der Waals surface area contributed by atoms with E-state index in [1.54, 1.807) is 30.3 Å². The summed E-state index contributed by atoms with van der Waals surface area (Å²) in [6, 6.07) is 11.9. The summed E-state index contributed by atoms with van der Waals surface area (Å²) in [4.78, 5) is 12.1. The Balaban J connectivity index is 1.80. The number of halogens is 1. The van der Waals surface area contributed by atoms with Crippen LogP contribution in [-0.4, -0.2) is 45.4 Å². The highest BCUT2D eigenvalue weighted by Crippen LogP contribution is 2.26. The molecular formula is C20H25FN2O3. The molecule has 0 aliphatic carbocycles. The Labute approximate surface area is 153 Å². The van der Waals surface area contributed by atoms with Crippen molar-refractivity contribution in [2.24, 2.45) is 5.73 Å². The summed E-state index contributed by atoms with van der Waals surface area (Å²) in [7, 11) is 0. The third-order valence-electron chi connectivity index (χ3n) is 3.82. The number of aryl methyl sites for hydroxylation is 1. The van der Waals surface area contributed by atoms with E-state index in [0.29, 0.717) is 50.6 Å². The molecule has 0 fully saturated rings. The second-order valence-electron chi connectivity index (χ2n) is 5.78. The van der Waals surface area contributed by atoms with Gasteiger partial charge in [0.05, 0.1) is 26.4 Å². The SMILES string of the molecule is Cc1cccc(F)c1-c1ccc(C(=O)NCCOCCOCCN)cc1. The van der Waals surface area contributed by atoms with E-state index in [4.69, 9.17) is 15.2 Å². The number of hydrogen-bond acceptors (Lipinski definition) is 4. The zero-order chi connectivity index (χ0) is 18.8. The predicted octanol–water partition coefficient (Wildman–Crippen LogP) is 2.52. The second-order valence-corrected chi connectivity index (χ2v) is 5.78. The third kappa shape index (κ3) is 5.91. The molecule has 0 radical (unpaired) electrons. The van der Waals surface area contributed by atoms with Gasteiger partial charge in [-0.2, -0.15) is 0 Å². The molecule has 2 aromatic carbocycles. The van der Waals surface area contributed by atoms with E-state index in [1.807, 2.05) is 13.0 Å². The number of carbonyl (C=O) groups is 1. The highest BCUT2D eigenvalue weighted by Gasteiger charge is 2.10. The average Bonchev–Trinajstić information content (AvgIpc) is 2.64. The summed E-state index contributed by atoms with van der Waals surface area (Å²) in [5.74, 6) is -0.459. The van der Waals surface area contributed by atoms with E-state index in [-0.39, 0.29) is 11.7 Å². The van der Waals surface area contributed by atoms with Crippen LogP contribution in [0.5, 0.6) is 0 Å². The van der Waals surface area contributed by atoms with Crippen LogP contribution >= 0.6 is 0 Å². The zero-order valence-electron chi connectivity index (χ0n) is 15.0. The van der Waals surface area contributed by atoms with Crippen LogP contribution < -0.4 is 11.1 Å². The van der Waals surface area contributed by atoms with Crippen molar-refractivity contribution in [3.8, 4) is 11.1 Å². The van der Waals surface area contributed by atoms with Crippen LogP contribution in [0.15, 0.2) is 42.5 Å². The van der Waals surface area contributed by atoms with Gasteiger partial charge < -0.3 is 20.5 Å². The monoisotopic (exact) mass is 360 g/mol. The maximum absolute atomic E-state index is 14.0. The number of carbonyl (C=O) groups excluding carboxylic acids is 1. The van der Waals surface area contributed by atoms with E-state index >= 15 is 0 Å². The standard InChI is InChI=1S/C20H25FN2O3/c1-15-3-2-4-18(21)19(15)16-5-7-17(8-6-16)20(24)23-10-12-26-14-13-25-11-9-22/h2-8H,9-14,22H2,1H3,(H,23,24). The molecule has 5 nitrogen and oxygen atoms in total. The van der Waals surface area contributed by atoms with E-state index in [1.165, 1.54) is 6.07 Å². The summed E-state index contributed by atoms with van der Waals surface area (Å²) in [6.45, 7) is 4.64. The average molecular weight is 360 g/mol. The minimum Gasteiger partial charge on any atom is -0.378 e. The number of hydrogen-bond donors (Lipinski definition) is 2. The molecule has 140 valence electrons. The van der Waals surface area contributed by atoms with Crippen molar-refractivity contribution in [1.82, 2.24) is 5.32 Å².